The zero-order chi connectivity index (χ0) is 12.7. The van der Waals surface area contributed by atoms with Crippen LogP contribution in [0.3, 0.4) is 0 Å². The summed E-state index contributed by atoms with van der Waals surface area (Å²) in [5.41, 5.74) is 0.847. The molecular weight excluding hydrogens is 208 g/mol. The Morgan fingerprint density at radius 3 is 2.44 bits per heavy atom. The molecule has 1 atom stereocenters. The average molecular weight is 228 g/mol. The first-order chi connectivity index (χ1) is 7.38. The summed E-state index contributed by atoms with van der Waals surface area (Å²) in [5.74, 6) is -1.00. The first-order valence-electron chi connectivity index (χ1n) is 5.27. The SMILES string of the molecule is C=C(C)CN(C)C(=O)NC(CCC)C(=O)O. The highest BCUT2D eigenvalue weighted by Crippen LogP contribution is 1.99. The number of carbonyl (C=O) groups is 2. The highest BCUT2D eigenvalue weighted by molar-refractivity contribution is 5.82. The van der Waals surface area contributed by atoms with E-state index in [-0.39, 0.29) is 6.03 Å². The van der Waals surface area contributed by atoms with Crippen molar-refractivity contribution in [2.45, 2.75) is 32.7 Å². The second-order valence-corrected chi connectivity index (χ2v) is 3.94. The second-order valence-electron chi connectivity index (χ2n) is 3.94. The van der Waals surface area contributed by atoms with Gasteiger partial charge in [0.25, 0.3) is 0 Å². The molecule has 0 aliphatic carbocycles. The molecule has 0 saturated carbocycles. The number of carboxylic acid groups (broad SMARTS) is 1. The Labute approximate surface area is 96.1 Å². The van der Waals surface area contributed by atoms with Gasteiger partial charge < -0.3 is 15.3 Å². The molecule has 0 fully saturated rings. The van der Waals surface area contributed by atoms with Crippen LogP contribution in [0.1, 0.15) is 26.7 Å². The summed E-state index contributed by atoms with van der Waals surface area (Å²) in [7, 11) is 1.61. The maximum atomic E-state index is 11.6. The van der Waals surface area contributed by atoms with Crippen molar-refractivity contribution in [1.29, 1.82) is 0 Å². The number of nitrogens with zero attached hydrogens (tertiary/aromatic N) is 1. The van der Waals surface area contributed by atoms with Crippen LogP contribution >= 0.6 is 0 Å². The number of likely N-dealkylation sites (N-methyl/N-ethyl adjacent to an activating group) is 1. The molecule has 0 aliphatic rings. The Kier molecular flexibility index (Phi) is 6.22. The van der Waals surface area contributed by atoms with E-state index in [0.29, 0.717) is 19.4 Å². The van der Waals surface area contributed by atoms with Gasteiger partial charge in [0.1, 0.15) is 6.04 Å². The lowest BCUT2D eigenvalue weighted by atomic mass is 10.2. The van der Waals surface area contributed by atoms with Crippen LogP contribution in [-0.4, -0.2) is 41.6 Å². The molecule has 0 radical (unpaired) electrons. The lowest BCUT2D eigenvalue weighted by molar-refractivity contribution is -0.139. The Hall–Kier alpha value is -1.52. The summed E-state index contributed by atoms with van der Waals surface area (Å²) in [6.07, 6.45) is 1.14. The van der Waals surface area contributed by atoms with Crippen LogP contribution in [-0.2, 0) is 4.79 Å². The lowest BCUT2D eigenvalue weighted by Gasteiger charge is -2.21. The predicted molar refractivity (Wildman–Crippen MR) is 62.3 cm³/mol. The third-order valence-corrected chi connectivity index (χ3v) is 2.03. The lowest BCUT2D eigenvalue weighted by Crippen LogP contribution is -2.46. The molecule has 2 amide bonds. The minimum atomic E-state index is -1.00. The van der Waals surface area contributed by atoms with E-state index in [9.17, 15) is 9.59 Å². The summed E-state index contributed by atoms with van der Waals surface area (Å²) in [6, 6.07) is -1.20. The van der Waals surface area contributed by atoms with E-state index in [1.165, 1.54) is 4.90 Å². The van der Waals surface area contributed by atoms with E-state index in [2.05, 4.69) is 11.9 Å². The van der Waals surface area contributed by atoms with Crippen molar-refractivity contribution < 1.29 is 14.7 Å². The molecule has 0 aliphatic heterocycles. The van der Waals surface area contributed by atoms with Gasteiger partial charge >= 0.3 is 12.0 Å². The second kappa shape index (κ2) is 6.87. The molecule has 0 bridgehead atoms. The van der Waals surface area contributed by atoms with Crippen LogP contribution in [0.5, 0.6) is 0 Å². The van der Waals surface area contributed by atoms with Crippen molar-refractivity contribution in [2.75, 3.05) is 13.6 Å². The quantitative estimate of drug-likeness (QED) is 0.676. The maximum Gasteiger partial charge on any atom is 0.326 e. The van der Waals surface area contributed by atoms with Gasteiger partial charge in [-0.2, -0.15) is 0 Å². The normalized spacial score (nSPS) is 11.7. The van der Waals surface area contributed by atoms with Gasteiger partial charge in [-0.25, -0.2) is 9.59 Å². The molecule has 1 unspecified atom stereocenters. The first kappa shape index (κ1) is 14.5. The molecule has 5 nitrogen and oxygen atoms in total. The summed E-state index contributed by atoms with van der Waals surface area (Å²) >= 11 is 0. The van der Waals surface area contributed by atoms with Gasteiger partial charge in [0.05, 0.1) is 0 Å². The van der Waals surface area contributed by atoms with Gasteiger partial charge in [-0.15, -0.1) is 0 Å². The molecule has 0 spiro atoms. The van der Waals surface area contributed by atoms with E-state index in [1.807, 2.05) is 13.8 Å². The van der Waals surface area contributed by atoms with Crippen molar-refractivity contribution in [1.82, 2.24) is 10.2 Å². The number of aliphatic carboxylic acids is 1. The molecule has 92 valence electrons. The van der Waals surface area contributed by atoms with Crippen LogP contribution in [0, 0.1) is 0 Å². The molecule has 0 rings (SSSR count). The monoisotopic (exact) mass is 228 g/mol. The fourth-order valence-electron chi connectivity index (χ4n) is 1.28. The number of hydrogen-bond acceptors (Lipinski definition) is 2. The predicted octanol–water partition coefficient (Wildman–Crippen LogP) is 1.46. The van der Waals surface area contributed by atoms with Gasteiger partial charge in [-0.05, 0) is 13.3 Å². The maximum absolute atomic E-state index is 11.6. The van der Waals surface area contributed by atoms with Crippen LogP contribution in [0.4, 0.5) is 4.79 Å². The molecular formula is C11H20N2O3. The van der Waals surface area contributed by atoms with Crippen molar-refractivity contribution in [2.24, 2.45) is 0 Å². The third-order valence-electron chi connectivity index (χ3n) is 2.03. The number of rotatable bonds is 6. The number of amides is 2. The van der Waals surface area contributed by atoms with Gasteiger partial charge in [0.15, 0.2) is 0 Å². The average Bonchev–Trinajstić information content (AvgIpc) is 2.15. The smallest absolute Gasteiger partial charge is 0.326 e. The van der Waals surface area contributed by atoms with E-state index >= 15 is 0 Å². The Morgan fingerprint density at radius 2 is 2.06 bits per heavy atom. The highest BCUT2D eigenvalue weighted by Gasteiger charge is 2.20. The Balaban J connectivity index is 4.28. The Bertz CT molecular complexity index is 276. The minimum Gasteiger partial charge on any atom is -0.480 e. The molecule has 0 heterocycles. The molecule has 2 N–H and O–H groups in total. The van der Waals surface area contributed by atoms with E-state index in [0.717, 1.165) is 5.57 Å². The molecule has 0 aromatic heterocycles. The Morgan fingerprint density at radius 1 is 1.50 bits per heavy atom. The van der Waals surface area contributed by atoms with Crippen LogP contribution < -0.4 is 5.32 Å². The van der Waals surface area contributed by atoms with Crippen molar-refractivity contribution in [3.63, 3.8) is 0 Å². The largest absolute Gasteiger partial charge is 0.480 e. The van der Waals surface area contributed by atoms with Gasteiger partial charge in [0.2, 0.25) is 0 Å². The minimum absolute atomic E-state index is 0.385. The molecule has 5 heteroatoms. The molecule has 16 heavy (non-hydrogen) atoms. The number of carboxylic acids is 1. The fourth-order valence-corrected chi connectivity index (χ4v) is 1.28. The van der Waals surface area contributed by atoms with Gasteiger partial charge in [0, 0.05) is 13.6 Å². The number of urea groups is 1. The van der Waals surface area contributed by atoms with E-state index in [1.54, 1.807) is 7.05 Å². The van der Waals surface area contributed by atoms with Crippen molar-refractivity contribution in [3.8, 4) is 0 Å². The van der Waals surface area contributed by atoms with Crippen molar-refractivity contribution in [3.05, 3.63) is 12.2 Å². The highest BCUT2D eigenvalue weighted by atomic mass is 16.4. The zero-order valence-electron chi connectivity index (χ0n) is 10.1. The molecule has 0 aromatic rings. The van der Waals surface area contributed by atoms with Crippen LogP contribution in [0.15, 0.2) is 12.2 Å². The van der Waals surface area contributed by atoms with Crippen LogP contribution in [0.2, 0.25) is 0 Å². The van der Waals surface area contributed by atoms with Crippen LogP contribution in [0.25, 0.3) is 0 Å². The molecule has 0 aromatic carbocycles. The molecule has 0 saturated heterocycles. The summed E-state index contributed by atoms with van der Waals surface area (Å²) in [6.45, 7) is 7.80. The number of nitrogens with one attached hydrogen (secondary N) is 1. The number of hydrogen-bond donors (Lipinski definition) is 2. The van der Waals surface area contributed by atoms with Gasteiger partial charge in [-0.1, -0.05) is 25.5 Å². The fraction of sp³-hybridized carbons (Fsp3) is 0.636. The van der Waals surface area contributed by atoms with E-state index in [4.69, 9.17) is 5.11 Å². The third kappa shape index (κ3) is 5.38. The topological polar surface area (TPSA) is 69.6 Å². The van der Waals surface area contributed by atoms with E-state index < -0.39 is 12.0 Å². The number of carbonyl (C=O) groups excluding carboxylic acids is 1. The van der Waals surface area contributed by atoms with Gasteiger partial charge in [-0.3, -0.25) is 0 Å². The summed E-state index contributed by atoms with van der Waals surface area (Å²) in [5, 5.41) is 11.3. The summed E-state index contributed by atoms with van der Waals surface area (Å²) < 4.78 is 0. The van der Waals surface area contributed by atoms with Crippen molar-refractivity contribution >= 4 is 12.0 Å². The summed E-state index contributed by atoms with van der Waals surface area (Å²) in [4.78, 5) is 23.8. The standard InChI is InChI=1S/C11H20N2O3/c1-5-6-9(10(14)15)12-11(16)13(4)7-8(2)3/h9H,2,5-7H2,1,3-4H3,(H,12,16)(H,14,15). The zero-order valence-corrected chi connectivity index (χ0v) is 10.1. The first-order valence-corrected chi connectivity index (χ1v) is 5.27.